The first-order chi connectivity index (χ1) is 9.95. The van der Waals surface area contributed by atoms with Crippen LogP contribution in [0.25, 0.3) is 0 Å². The molecule has 0 aromatic heterocycles. The van der Waals surface area contributed by atoms with E-state index in [1.54, 1.807) is 38.4 Å². The van der Waals surface area contributed by atoms with Gasteiger partial charge in [0.2, 0.25) is 10.0 Å². The highest BCUT2D eigenvalue weighted by molar-refractivity contribution is 9.10. The monoisotopic (exact) mass is 368 g/mol. The van der Waals surface area contributed by atoms with Crippen molar-refractivity contribution in [3.8, 4) is 0 Å². The first-order valence-electron chi connectivity index (χ1n) is 6.42. The van der Waals surface area contributed by atoms with Gasteiger partial charge in [-0.1, -0.05) is 40.2 Å². The van der Waals surface area contributed by atoms with E-state index in [0.717, 1.165) is 10.0 Å². The molecule has 6 heteroatoms. The van der Waals surface area contributed by atoms with Crippen LogP contribution >= 0.6 is 15.9 Å². The smallest absolute Gasteiger partial charge is 0.245 e. The van der Waals surface area contributed by atoms with E-state index in [-0.39, 0.29) is 4.90 Å². The number of nitrogens with one attached hydrogen (secondary N) is 1. The van der Waals surface area contributed by atoms with Crippen molar-refractivity contribution in [1.29, 1.82) is 0 Å². The minimum atomic E-state index is -3.53. The van der Waals surface area contributed by atoms with Crippen molar-refractivity contribution < 1.29 is 8.42 Å². The molecule has 2 aromatic rings. The number of halogens is 1. The van der Waals surface area contributed by atoms with Gasteiger partial charge in [0.15, 0.2) is 0 Å². The fourth-order valence-electron chi connectivity index (χ4n) is 2.00. The van der Waals surface area contributed by atoms with Gasteiger partial charge in [0.25, 0.3) is 0 Å². The maximum Gasteiger partial charge on any atom is 0.245 e. The molecule has 0 saturated heterocycles. The van der Waals surface area contributed by atoms with Crippen molar-refractivity contribution >= 4 is 31.6 Å². The molecule has 1 N–H and O–H groups in total. The molecule has 0 saturated carbocycles. The first kappa shape index (κ1) is 16.0. The number of hydrogen-bond donors (Lipinski definition) is 1. The molecule has 0 spiro atoms. The molecule has 0 fully saturated rings. The summed E-state index contributed by atoms with van der Waals surface area (Å²) >= 11 is 3.37. The predicted octanol–water partition coefficient (Wildman–Crippen LogP) is 3.31. The summed E-state index contributed by atoms with van der Waals surface area (Å²) in [4.78, 5) is 0.284. The van der Waals surface area contributed by atoms with Gasteiger partial charge in [-0.3, -0.25) is 0 Å². The Bertz CT molecular complexity index is 715. The Morgan fingerprint density at radius 2 is 1.71 bits per heavy atom. The quantitative estimate of drug-likeness (QED) is 0.880. The van der Waals surface area contributed by atoms with Crippen molar-refractivity contribution in [2.45, 2.75) is 11.4 Å². The summed E-state index contributed by atoms with van der Waals surface area (Å²) in [7, 11) is -0.232. The molecule has 112 valence electrons. The van der Waals surface area contributed by atoms with Gasteiger partial charge in [0, 0.05) is 25.1 Å². The number of anilines is 1. The van der Waals surface area contributed by atoms with Gasteiger partial charge in [-0.15, -0.1) is 0 Å². The van der Waals surface area contributed by atoms with E-state index in [9.17, 15) is 8.42 Å². The van der Waals surface area contributed by atoms with Gasteiger partial charge in [-0.25, -0.2) is 8.42 Å². The van der Waals surface area contributed by atoms with Crippen LogP contribution in [0.15, 0.2) is 57.9 Å². The topological polar surface area (TPSA) is 49.4 Å². The third-order valence-corrected chi connectivity index (χ3v) is 5.55. The summed E-state index contributed by atoms with van der Waals surface area (Å²) in [6, 6.07) is 14.5. The van der Waals surface area contributed by atoms with Crippen LogP contribution in [0.1, 0.15) is 5.56 Å². The van der Waals surface area contributed by atoms with E-state index in [1.807, 2.05) is 24.3 Å². The molecule has 0 radical (unpaired) electrons. The third kappa shape index (κ3) is 3.64. The molecule has 0 heterocycles. The largest absolute Gasteiger partial charge is 0.387 e. The summed E-state index contributed by atoms with van der Waals surface area (Å²) in [5.74, 6) is 0. The summed E-state index contributed by atoms with van der Waals surface area (Å²) in [5, 5.41) is 2.92. The van der Waals surface area contributed by atoms with Crippen molar-refractivity contribution in [3.63, 3.8) is 0 Å². The Hall–Kier alpha value is -1.37. The van der Waals surface area contributed by atoms with Crippen LogP contribution in [0.5, 0.6) is 0 Å². The molecule has 0 atom stereocenters. The molecule has 0 amide bonds. The maximum absolute atomic E-state index is 12.7. The number of para-hydroxylation sites is 1. The number of benzene rings is 2. The lowest BCUT2D eigenvalue weighted by atomic mass is 10.2. The third-order valence-electron chi connectivity index (χ3n) is 3.16. The lowest BCUT2D eigenvalue weighted by Crippen LogP contribution is -2.27. The zero-order chi connectivity index (χ0) is 15.5. The van der Waals surface area contributed by atoms with E-state index in [2.05, 4.69) is 21.2 Å². The van der Waals surface area contributed by atoms with Crippen molar-refractivity contribution in [2.75, 3.05) is 19.4 Å². The van der Waals surface area contributed by atoms with Crippen LogP contribution < -0.4 is 5.32 Å². The second-order valence-electron chi connectivity index (χ2n) is 4.63. The zero-order valence-electron chi connectivity index (χ0n) is 11.9. The average Bonchev–Trinajstić information content (AvgIpc) is 2.49. The zero-order valence-corrected chi connectivity index (χ0v) is 14.3. The van der Waals surface area contributed by atoms with E-state index < -0.39 is 10.0 Å². The Balaban J connectivity index is 2.28. The highest BCUT2D eigenvalue weighted by atomic mass is 79.9. The van der Waals surface area contributed by atoms with Gasteiger partial charge in [0.1, 0.15) is 4.90 Å². The molecule has 0 aliphatic heterocycles. The lowest BCUT2D eigenvalue weighted by Gasteiger charge is -2.19. The molecular formula is C15H17BrN2O2S. The maximum atomic E-state index is 12.7. The highest BCUT2D eigenvalue weighted by Crippen LogP contribution is 2.24. The molecule has 0 aliphatic carbocycles. The summed E-state index contributed by atoms with van der Waals surface area (Å²) in [6.07, 6.45) is 0. The Kier molecular flexibility index (Phi) is 5.03. The molecule has 0 bridgehead atoms. The van der Waals surface area contributed by atoms with Crippen LogP contribution in [0.3, 0.4) is 0 Å². The summed E-state index contributed by atoms with van der Waals surface area (Å²) in [5.41, 5.74) is 1.53. The normalized spacial score (nSPS) is 11.6. The van der Waals surface area contributed by atoms with E-state index >= 15 is 0 Å². The summed E-state index contributed by atoms with van der Waals surface area (Å²) in [6.45, 7) is 0.327. The number of rotatable bonds is 5. The van der Waals surface area contributed by atoms with Crippen molar-refractivity contribution in [2.24, 2.45) is 0 Å². The van der Waals surface area contributed by atoms with E-state index in [1.165, 1.54) is 4.31 Å². The fraction of sp³-hybridized carbons (Fsp3) is 0.200. The first-order valence-corrected chi connectivity index (χ1v) is 8.66. The van der Waals surface area contributed by atoms with Crippen LogP contribution in [0, 0.1) is 0 Å². The van der Waals surface area contributed by atoms with Crippen molar-refractivity contribution in [1.82, 2.24) is 4.31 Å². The van der Waals surface area contributed by atoms with Gasteiger partial charge in [-0.05, 0) is 29.8 Å². The van der Waals surface area contributed by atoms with Crippen LogP contribution in [0.2, 0.25) is 0 Å². The lowest BCUT2D eigenvalue weighted by molar-refractivity contribution is 0.467. The highest BCUT2D eigenvalue weighted by Gasteiger charge is 2.23. The summed E-state index contributed by atoms with van der Waals surface area (Å²) < 4.78 is 27.6. The molecule has 0 aliphatic rings. The minimum absolute atomic E-state index is 0.284. The standard InChI is InChI=1S/C15H17BrN2O2S/c1-17-14-5-3-4-6-15(14)21(19,20)18(2)11-12-7-9-13(16)10-8-12/h3-10,17H,11H2,1-2H3. The number of nitrogens with zero attached hydrogens (tertiary/aromatic N) is 1. The van der Waals surface area contributed by atoms with E-state index in [0.29, 0.717) is 12.2 Å². The Morgan fingerprint density at radius 1 is 1.10 bits per heavy atom. The van der Waals surface area contributed by atoms with Crippen LogP contribution in [-0.4, -0.2) is 26.8 Å². The molecule has 4 nitrogen and oxygen atoms in total. The molecule has 21 heavy (non-hydrogen) atoms. The van der Waals surface area contributed by atoms with Crippen LogP contribution in [0.4, 0.5) is 5.69 Å². The Morgan fingerprint density at radius 3 is 2.33 bits per heavy atom. The second kappa shape index (κ2) is 6.60. The molecular weight excluding hydrogens is 352 g/mol. The average molecular weight is 369 g/mol. The fourth-order valence-corrected chi connectivity index (χ4v) is 3.62. The van der Waals surface area contributed by atoms with E-state index in [4.69, 9.17) is 0 Å². The number of hydrogen-bond acceptors (Lipinski definition) is 3. The van der Waals surface area contributed by atoms with Gasteiger partial charge in [0.05, 0.1) is 5.69 Å². The van der Waals surface area contributed by atoms with Gasteiger partial charge < -0.3 is 5.32 Å². The second-order valence-corrected chi connectivity index (χ2v) is 7.56. The molecule has 2 aromatic carbocycles. The molecule has 0 unspecified atom stereocenters. The van der Waals surface area contributed by atoms with Crippen LogP contribution in [-0.2, 0) is 16.6 Å². The molecule has 2 rings (SSSR count). The van der Waals surface area contributed by atoms with Gasteiger partial charge >= 0.3 is 0 Å². The minimum Gasteiger partial charge on any atom is -0.387 e. The predicted molar refractivity (Wildman–Crippen MR) is 88.8 cm³/mol. The Labute approximate surface area is 134 Å². The number of sulfonamides is 1. The SMILES string of the molecule is CNc1ccccc1S(=O)(=O)N(C)Cc1ccc(Br)cc1. The van der Waals surface area contributed by atoms with Crippen molar-refractivity contribution in [3.05, 3.63) is 58.6 Å². The van der Waals surface area contributed by atoms with Gasteiger partial charge in [-0.2, -0.15) is 4.31 Å².